The van der Waals surface area contributed by atoms with Crippen molar-refractivity contribution in [2.24, 2.45) is 17.8 Å². The zero-order chi connectivity index (χ0) is 18.5. The van der Waals surface area contributed by atoms with Crippen molar-refractivity contribution in [3.05, 3.63) is 46.5 Å². The van der Waals surface area contributed by atoms with Crippen molar-refractivity contribution in [3.8, 4) is 0 Å². The second-order valence-electron chi connectivity index (χ2n) is 9.26. The summed E-state index contributed by atoms with van der Waals surface area (Å²) in [5.41, 5.74) is 6.18. The Kier molecular flexibility index (Phi) is 7.01. The first-order valence-electron chi connectivity index (χ1n) is 11.3. The summed E-state index contributed by atoms with van der Waals surface area (Å²) in [5.74, 6) is 3.89. The van der Waals surface area contributed by atoms with E-state index in [2.05, 4.69) is 52.0 Å². The first kappa shape index (κ1) is 19.7. The van der Waals surface area contributed by atoms with Crippen molar-refractivity contribution in [3.63, 3.8) is 0 Å². The van der Waals surface area contributed by atoms with Crippen LogP contribution in [0.1, 0.15) is 99.3 Å². The smallest absolute Gasteiger partial charge is 0.0159 e. The fourth-order valence-corrected chi connectivity index (χ4v) is 5.77. The predicted octanol–water partition coefficient (Wildman–Crippen LogP) is 8.05. The molecule has 1 aromatic rings. The van der Waals surface area contributed by atoms with E-state index in [-0.39, 0.29) is 0 Å². The zero-order valence-corrected chi connectivity index (χ0v) is 17.7. The van der Waals surface area contributed by atoms with E-state index in [4.69, 9.17) is 0 Å². The summed E-state index contributed by atoms with van der Waals surface area (Å²) in [4.78, 5) is 0. The van der Waals surface area contributed by atoms with Gasteiger partial charge in [-0.25, -0.2) is 0 Å². The number of hydrogen-bond donors (Lipinski definition) is 0. The minimum absolute atomic E-state index is 0.822. The molecule has 0 unspecified atom stereocenters. The van der Waals surface area contributed by atoms with E-state index < -0.39 is 0 Å². The normalized spacial score (nSPS) is 30.0. The van der Waals surface area contributed by atoms with Crippen LogP contribution in [0, 0.1) is 38.5 Å². The first-order valence-corrected chi connectivity index (χ1v) is 11.3. The summed E-state index contributed by atoms with van der Waals surface area (Å²) in [7, 11) is 0. The van der Waals surface area contributed by atoms with Crippen LogP contribution in [0.2, 0.25) is 0 Å². The van der Waals surface area contributed by atoms with E-state index in [9.17, 15) is 0 Å². The lowest BCUT2D eigenvalue weighted by molar-refractivity contribution is 0.157. The molecular weight excluding hydrogens is 312 g/mol. The van der Waals surface area contributed by atoms with Gasteiger partial charge in [0.1, 0.15) is 0 Å². The Balaban J connectivity index is 1.48. The van der Waals surface area contributed by atoms with Crippen LogP contribution in [0.3, 0.4) is 0 Å². The molecule has 2 fully saturated rings. The van der Waals surface area contributed by atoms with Crippen molar-refractivity contribution in [2.75, 3.05) is 0 Å². The first-order chi connectivity index (χ1) is 12.6. The van der Waals surface area contributed by atoms with Crippen LogP contribution in [0.25, 0.3) is 0 Å². The molecule has 0 radical (unpaired) electrons. The molecule has 2 saturated carbocycles. The lowest BCUT2D eigenvalue weighted by Crippen LogP contribution is -2.25. The lowest BCUT2D eigenvalue weighted by Gasteiger charge is -2.38. The Bertz CT molecular complexity index is 593. The van der Waals surface area contributed by atoms with Crippen molar-refractivity contribution in [2.45, 2.75) is 97.8 Å². The maximum Gasteiger partial charge on any atom is -0.0159 e. The third-order valence-electron chi connectivity index (χ3n) is 7.85. The molecule has 2 aliphatic carbocycles. The maximum absolute atomic E-state index is 2.43. The molecule has 0 nitrogen and oxygen atoms in total. The largest absolute Gasteiger partial charge is 0.0917 e. The topological polar surface area (TPSA) is 0 Å². The highest BCUT2D eigenvalue weighted by atomic mass is 14.4. The van der Waals surface area contributed by atoms with Gasteiger partial charge in [0.25, 0.3) is 0 Å². The number of aryl methyl sites for hydroxylation is 1. The Hall–Kier alpha value is -1.04. The Morgan fingerprint density at radius 2 is 1.42 bits per heavy atom. The molecule has 0 aromatic heterocycles. The molecule has 0 amide bonds. The second-order valence-corrected chi connectivity index (χ2v) is 9.26. The van der Waals surface area contributed by atoms with Crippen molar-refractivity contribution in [1.29, 1.82) is 0 Å². The van der Waals surface area contributed by atoms with Crippen molar-refractivity contribution in [1.82, 2.24) is 0 Å². The van der Waals surface area contributed by atoms with Gasteiger partial charge in [-0.15, -0.1) is 0 Å². The summed E-state index contributed by atoms with van der Waals surface area (Å²) in [6, 6.07) is 4.78. The van der Waals surface area contributed by atoms with Crippen LogP contribution in [0.15, 0.2) is 24.3 Å². The zero-order valence-electron chi connectivity index (χ0n) is 17.7. The van der Waals surface area contributed by atoms with Gasteiger partial charge in [-0.3, -0.25) is 0 Å². The van der Waals surface area contributed by atoms with E-state index in [0.29, 0.717) is 0 Å². The minimum atomic E-state index is 0.822. The summed E-state index contributed by atoms with van der Waals surface area (Å²) in [6.45, 7) is 9.04. The standard InChI is InChI=1S/C26H40/c1-5-6-7-8-22-10-12-23(13-11-22)24-14-16-25(17-15-24)26-18-9-19(2)20(3)21(26)4/h5-6,9,18,22-25H,7-8,10-17H2,1-4H3/b6-5+. The van der Waals surface area contributed by atoms with Gasteiger partial charge in [-0.1, -0.05) is 37.1 Å². The fraction of sp³-hybridized carbons (Fsp3) is 0.692. The Labute approximate surface area is 162 Å². The molecule has 0 saturated heterocycles. The number of benzene rings is 1. The van der Waals surface area contributed by atoms with Gasteiger partial charge in [0.15, 0.2) is 0 Å². The number of allylic oxidation sites excluding steroid dienone is 2. The second kappa shape index (κ2) is 9.25. The molecule has 0 N–H and O–H groups in total. The van der Waals surface area contributed by atoms with Gasteiger partial charge in [-0.2, -0.15) is 0 Å². The number of hydrogen-bond acceptors (Lipinski definition) is 0. The summed E-state index contributed by atoms with van der Waals surface area (Å²) >= 11 is 0. The molecule has 0 heteroatoms. The molecule has 0 atom stereocenters. The van der Waals surface area contributed by atoms with Crippen LogP contribution in [0.5, 0.6) is 0 Å². The van der Waals surface area contributed by atoms with Crippen LogP contribution in [-0.4, -0.2) is 0 Å². The van der Waals surface area contributed by atoms with Crippen LogP contribution < -0.4 is 0 Å². The number of rotatable bonds is 5. The molecular formula is C26H40. The van der Waals surface area contributed by atoms with Crippen LogP contribution in [0.4, 0.5) is 0 Å². The molecule has 0 bridgehead atoms. The third kappa shape index (κ3) is 4.62. The molecule has 144 valence electrons. The predicted molar refractivity (Wildman–Crippen MR) is 115 cm³/mol. The summed E-state index contributed by atoms with van der Waals surface area (Å²) < 4.78 is 0. The SMILES string of the molecule is C/C=C/CCC1CCC(C2CCC(c3ccc(C)c(C)c3C)CC2)CC1. The van der Waals surface area contributed by atoms with Gasteiger partial charge in [-0.05, 0) is 125 Å². The van der Waals surface area contributed by atoms with E-state index in [1.807, 2.05) is 0 Å². The average Bonchev–Trinajstić information content (AvgIpc) is 2.67. The monoisotopic (exact) mass is 352 g/mol. The van der Waals surface area contributed by atoms with Crippen LogP contribution >= 0.6 is 0 Å². The van der Waals surface area contributed by atoms with Gasteiger partial charge in [0.05, 0.1) is 0 Å². The lowest BCUT2D eigenvalue weighted by atomic mass is 9.67. The van der Waals surface area contributed by atoms with Gasteiger partial charge >= 0.3 is 0 Å². The molecule has 2 aliphatic rings. The van der Waals surface area contributed by atoms with Crippen LogP contribution in [-0.2, 0) is 0 Å². The highest BCUT2D eigenvalue weighted by molar-refractivity contribution is 5.40. The van der Waals surface area contributed by atoms with Gasteiger partial charge < -0.3 is 0 Å². The minimum Gasteiger partial charge on any atom is -0.0917 e. The van der Waals surface area contributed by atoms with Crippen molar-refractivity contribution >= 4 is 0 Å². The van der Waals surface area contributed by atoms with Gasteiger partial charge in [0.2, 0.25) is 0 Å². The third-order valence-corrected chi connectivity index (χ3v) is 7.85. The fourth-order valence-electron chi connectivity index (χ4n) is 5.77. The average molecular weight is 353 g/mol. The van der Waals surface area contributed by atoms with Gasteiger partial charge in [0, 0.05) is 0 Å². The summed E-state index contributed by atoms with van der Waals surface area (Å²) in [5, 5.41) is 0. The van der Waals surface area contributed by atoms with Crippen molar-refractivity contribution < 1.29 is 0 Å². The molecule has 3 rings (SSSR count). The Morgan fingerprint density at radius 3 is 2.04 bits per heavy atom. The molecule has 0 spiro atoms. The molecule has 1 aromatic carbocycles. The van der Waals surface area contributed by atoms with E-state index in [0.717, 1.165) is 23.7 Å². The molecule has 0 aliphatic heterocycles. The highest BCUT2D eigenvalue weighted by Crippen LogP contribution is 2.45. The molecule has 0 heterocycles. The summed E-state index contributed by atoms with van der Waals surface area (Å²) in [6.07, 6.45) is 19.1. The van der Waals surface area contributed by atoms with E-state index >= 15 is 0 Å². The quantitative estimate of drug-likeness (QED) is 0.470. The highest BCUT2D eigenvalue weighted by Gasteiger charge is 2.31. The van der Waals surface area contributed by atoms with E-state index in [1.54, 1.807) is 11.1 Å². The molecule has 26 heavy (non-hydrogen) atoms. The van der Waals surface area contributed by atoms with E-state index in [1.165, 1.54) is 75.3 Å². The Morgan fingerprint density at radius 1 is 0.808 bits per heavy atom. The maximum atomic E-state index is 2.43.